The Morgan fingerprint density at radius 3 is 2.45 bits per heavy atom. The maximum atomic E-state index is 12.9. The summed E-state index contributed by atoms with van der Waals surface area (Å²) < 4.78 is 18.3. The summed E-state index contributed by atoms with van der Waals surface area (Å²) in [4.78, 5) is 11.6. The summed E-state index contributed by atoms with van der Waals surface area (Å²) in [5, 5.41) is 3.10. The fourth-order valence-corrected chi connectivity index (χ4v) is 2.15. The van der Waals surface area contributed by atoms with Crippen molar-refractivity contribution in [1.82, 2.24) is 5.32 Å². The number of halogens is 1. The van der Waals surface area contributed by atoms with E-state index in [1.807, 2.05) is 19.9 Å². The average molecular weight is 276 g/mol. The van der Waals surface area contributed by atoms with Gasteiger partial charge in [0, 0.05) is 0 Å². The number of carbonyl (C=O) groups excluding carboxylic acids is 1. The second-order valence-corrected chi connectivity index (χ2v) is 4.74. The highest BCUT2D eigenvalue weighted by molar-refractivity contribution is 5.81. The van der Waals surface area contributed by atoms with Crippen molar-refractivity contribution in [2.75, 3.05) is 0 Å². The normalized spacial score (nSPS) is 13.9. The van der Waals surface area contributed by atoms with Crippen molar-refractivity contribution in [1.29, 1.82) is 0 Å². The van der Waals surface area contributed by atoms with Gasteiger partial charge < -0.3 is 10.2 Å². The monoisotopic (exact) mass is 276 g/mol. The molecule has 0 saturated heterocycles. The van der Waals surface area contributed by atoms with Gasteiger partial charge in [-0.25, -0.2) is 4.39 Å². The number of hydrogen-bond acceptors (Lipinski definition) is 3. The molecule has 0 unspecified atom stereocenters. The van der Waals surface area contributed by atoms with Crippen LogP contribution in [0.15, 0.2) is 41.0 Å². The topological polar surface area (TPSA) is 68.3 Å². The maximum Gasteiger partial charge on any atom is 0.239 e. The number of carbonyl (C=O) groups is 1. The van der Waals surface area contributed by atoms with E-state index >= 15 is 0 Å². The van der Waals surface area contributed by atoms with Crippen molar-refractivity contribution in [3.8, 4) is 0 Å². The van der Waals surface area contributed by atoms with E-state index in [2.05, 4.69) is 5.32 Å². The minimum Gasteiger partial charge on any atom is -0.467 e. The summed E-state index contributed by atoms with van der Waals surface area (Å²) in [7, 11) is 0. The summed E-state index contributed by atoms with van der Waals surface area (Å²) in [5.41, 5.74) is 7.03. The second kappa shape index (κ2) is 5.88. The maximum absolute atomic E-state index is 12.9. The molecule has 2 rings (SSSR count). The Morgan fingerprint density at radius 1 is 1.30 bits per heavy atom. The Morgan fingerprint density at radius 2 is 1.95 bits per heavy atom. The fourth-order valence-electron chi connectivity index (χ4n) is 2.15. The zero-order chi connectivity index (χ0) is 14.7. The van der Waals surface area contributed by atoms with Gasteiger partial charge in [-0.2, -0.15) is 0 Å². The molecule has 4 nitrogen and oxygen atoms in total. The Bertz CT molecular complexity index is 592. The van der Waals surface area contributed by atoms with E-state index in [0.29, 0.717) is 5.56 Å². The van der Waals surface area contributed by atoms with Crippen LogP contribution in [-0.4, -0.2) is 5.91 Å². The molecule has 1 aromatic carbocycles. The molecule has 2 aromatic rings. The quantitative estimate of drug-likeness (QED) is 0.882. The third kappa shape index (κ3) is 3.05. The van der Waals surface area contributed by atoms with Gasteiger partial charge in [0.05, 0.1) is 12.3 Å². The van der Waals surface area contributed by atoms with E-state index < -0.39 is 11.9 Å². The first-order chi connectivity index (χ1) is 9.49. The smallest absolute Gasteiger partial charge is 0.239 e. The van der Waals surface area contributed by atoms with Crippen LogP contribution in [0.1, 0.15) is 35.9 Å². The Balaban J connectivity index is 2.20. The largest absolute Gasteiger partial charge is 0.467 e. The first kappa shape index (κ1) is 14.3. The van der Waals surface area contributed by atoms with Crippen molar-refractivity contribution in [2.24, 2.45) is 5.73 Å². The molecule has 0 spiro atoms. The summed E-state index contributed by atoms with van der Waals surface area (Å²) in [6.45, 7) is 3.81. The van der Waals surface area contributed by atoms with Crippen LogP contribution in [0.5, 0.6) is 0 Å². The average Bonchev–Trinajstić information content (AvgIpc) is 2.83. The molecule has 3 N–H and O–H groups in total. The molecular weight excluding hydrogens is 259 g/mol. The molecule has 0 aliphatic carbocycles. The Hall–Kier alpha value is -2.14. The number of nitrogens with two attached hydrogens (primary N) is 1. The lowest BCUT2D eigenvalue weighted by Crippen LogP contribution is -2.35. The van der Waals surface area contributed by atoms with Crippen LogP contribution < -0.4 is 11.1 Å². The molecule has 1 aromatic heterocycles. The third-order valence-corrected chi connectivity index (χ3v) is 3.20. The van der Waals surface area contributed by atoms with Crippen LogP contribution in [0.3, 0.4) is 0 Å². The van der Waals surface area contributed by atoms with Crippen molar-refractivity contribution in [3.63, 3.8) is 0 Å². The van der Waals surface area contributed by atoms with E-state index in [9.17, 15) is 9.18 Å². The van der Waals surface area contributed by atoms with Gasteiger partial charge in [0.1, 0.15) is 17.6 Å². The van der Waals surface area contributed by atoms with E-state index in [-0.39, 0.29) is 11.9 Å². The van der Waals surface area contributed by atoms with Crippen LogP contribution in [0.2, 0.25) is 0 Å². The van der Waals surface area contributed by atoms with Crippen molar-refractivity contribution in [2.45, 2.75) is 25.9 Å². The van der Waals surface area contributed by atoms with E-state index in [1.165, 1.54) is 12.1 Å². The van der Waals surface area contributed by atoms with Gasteiger partial charge in [-0.05, 0) is 43.2 Å². The highest BCUT2D eigenvalue weighted by Crippen LogP contribution is 2.22. The zero-order valence-electron chi connectivity index (χ0n) is 11.4. The van der Waals surface area contributed by atoms with Gasteiger partial charge in [0.2, 0.25) is 5.91 Å². The van der Waals surface area contributed by atoms with E-state index in [4.69, 9.17) is 10.2 Å². The highest BCUT2D eigenvalue weighted by atomic mass is 19.1. The second-order valence-electron chi connectivity index (χ2n) is 4.74. The number of rotatable bonds is 5. The molecule has 0 bridgehead atoms. The molecule has 106 valence electrons. The molecule has 5 heteroatoms. The molecule has 1 amide bonds. The van der Waals surface area contributed by atoms with Gasteiger partial charge in [-0.1, -0.05) is 12.1 Å². The number of aryl methyl sites for hydroxylation is 1. The molecular formula is C15H17FN2O2. The van der Waals surface area contributed by atoms with Crippen LogP contribution >= 0.6 is 0 Å². The highest BCUT2D eigenvalue weighted by Gasteiger charge is 2.22. The van der Waals surface area contributed by atoms with Gasteiger partial charge in [-0.3, -0.25) is 10.1 Å². The first-order valence-electron chi connectivity index (χ1n) is 6.34. The third-order valence-electron chi connectivity index (χ3n) is 3.20. The van der Waals surface area contributed by atoms with Crippen molar-refractivity contribution < 1.29 is 13.6 Å². The van der Waals surface area contributed by atoms with Crippen molar-refractivity contribution in [3.05, 3.63) is 59.3 Å². The Labute approximate surface area is 116 Å². The predicted octanol–water partition coefficient (Wildman–Crippen LogP) is 2.60. The minimum atomic E-state index is -0.699. The molecule has 20 heavy (non-hydrogen) atoms. The number of furan rings is 1. The summed E-state index contributed by atoms with van der Waals surface area (Å²) in [6, 6.07) is 6.65. The number of nitrogens with one attached hydrogen (secondary N) is 1. The van der Waals surface area contributed by atoms with Crippen LogP contribution in [0.25, 0.3) is 0 Å². The van der Waals surface area contributed by atoms with Crippen molar-refractivity contribution >= 4 is 5.91 Å². The number of primary amides is 1. The van der Waals surface area contributed by atoms with Gasteiger partial charge >= 0.3 is 0 Å². The number of amides is 1. The SMILES string of the molecule is Cc1ccoc1[C@H](C)N[C@H](C(N)=O)c1ccc(F)cc1. The van der Waals surface area contributed by atoms with Gasteiger partial charge in [0.25, 0.3) is 0 Å². The van der Waals surface area contributed by atoms with E-state index in [1.54, 1.807) is 18.4 Å². The van der Waals surface area contributed by atoms with Gasteiger partial charge in [-0.15, -0.1) is 0 Å². The van der Waals surface area contributed by atoms with Crippen LogP contribution in [0.4, 0.5) is 4.39 Å². The lowest BCUT2D eigenvalue weighted by atomic mass is 10.0. The minimum absolute atomic E-state index is 0.187. The van der Waals surface area contributed by atoms with Crippen LogP contribution in [0, 0.1) is 12.7 Å². The first-order valence-corrected chi connectivity index (χ1v) is 6.34. The van der Waals surface area contributed by atoms with E-state index in [0.717, 1.165) is 11.3 Å². The van der Waals surface area contributed by atoms with Gasteiger partial charge in [0.15, 0.2) is 0 Å². The standard InChI is InChI=1S/C15H17FN2O2/c1-9-7-8-20-14(9)10(2)18-13(15(17)19)11-3-5-12(16)6-4-11/h3-8,10,13,18H,1-2H3,(H2,17,19)/t10-,13-/m0/s1. The summed E-state index contributed by atoms with van der Waals surface area (Å²) >= 11 is 0. The number of hydrogen-bond donors (Lipinski definition) is 2. The molecule has 0 saturated carbocycles. The fraction of sp³-hybridized carbons (Fsp3) is 0.267. The lowest BCUT2D eigenvalue weighted by molar-refractivity contribution is -0.120. The zero-order valence-corrected chi connectivity index (χ0v) is 11.4. The summed E-state index contributed by atoms with van der Waals surface area (Å²) in [6.07, 6.45) is 1.60. The Kier molecular flexibility index (Phi) is 4.20. The molecule has 0 radical (unpaired) electrons. The predicted molar refractivity (Wildman–Crippen MR) is 73.3 cm³/mol. The lowest BCUT2D eigenvalue weighted by Gasteiger charge is -2.20. The molecule has 0 fully saturated rings. The van der Waals surface area contributed by atoms with Crippen LogP contribution in [-0.2, 0) is 4.79 Å². The summed E-state index contributed by atoms with van der Waals surface area (Å²) in [5.74, 6) is -0.127. The molecule has 0 aliphatic heterocycles. The molecule has 2 atom stereocenters. The molecule has 0 aliphatic rings. The molecule has 1 heterocycles. The number of benzene rings is 1.